The van der Waals surface area contributed by atoms with E-state index < -0.39 is 16.1 Å². The molecule has 7 nitrogen and oxygen atoms in total. The van der Waals surface area contributed by atoms with Gasteiger partial charge in [-0.2, -0.15) is 0 Å². The molecule has 0 aliphatic carbocycles. The molecule has 2 rings (SSSR count). The lowest BCUT2D eigenvalue weighted by Crippen LogP contribution is -2.49. The highest BCUT2D eigenvalue weighted by Crippen LogP contribution is 2.23. The number of anilines is 1. The van der Waals surface area contributed by atoms with Crippen molar-refractivity contribution < 1.29 is 18.0 Å². The normalized spacial score (nSPS) is 13.1. The first-order valence-electron chi connectivity index (χ1n) is 12.1. The Kier molecular flexibility index (Phi) is 10.3. The van der Waals surface area contributed by atoms with Gasteiger partial charge in [-0.3, -0.25) is 13.9 Å². The molecule has 0 bridgehead atoms. The number of hydrogen-bond acceptors (Lipinski definition) is 4. The number of rotatable bonds is 12. The highest BCUT2D eigenvalue weighted by atomic mass is 32.2. The molecule has 0 fully saturated rings. The third-order valence-electron chi connectivity index (χ3n) is 6.18. The second-order valence-corrected chi connectivity index (χ2v) is 11.1. The van der Waals surface area contributed by atoms with E-state index in [9.17, 15) is 18.0 Å². The van der Waals surface area contributed by atoms with Gasteiger partial charge in [0.05, 0.1) is 11.9 Å². The molecule has 0 saturated heterocycles. The largest absolute Gasteiger partial charge is 0.352 e. The van der Waals surface area contributed by atoms with Gasteiger partial charge in [0.15, 0.2) is 0 Å². The summed E-state index contributed by atoms with van der Waals surface area (Å²) in [7, 11) is -3.51. The minimum absolute atomic E-state index is 0.0127. The van der Waals surface area contributed by atoms with Crippen molar-refractivity contribution in [2.75, 3.05) is 17.1 Å². The van der Waals surface area contributed by atoms with Gasteiger partial charge in [-0.15, -0.1) is 0 Å². The minimum Gasteiger partial charge on any atom is -0.352 e. The van der Waals surface area contributed by atoms with Crippen molar-refractivity contribution in [3.63, 3.8) is 0 Å². The third-order valence-corrected chi connectivity index (χ3v) is 7.36. The van der Waals surface area contributed by atoms with Crippen LogP contribution in [-0.2, 0) is 26.2 Å². The van der Waals surface area contributed by atoms with Crippen LogP contribution in [0, 0.1) is 13.8 Å². The van der Waals surface area contributed by atoms with Gasteiger partial charge in [-0.05, 0) is 57.7 Å². The molecule has 8 heteroatoms. The van der Waals surface area contributed by atoms with E-state index in [0.717, 1.165) is 23.1 Å². The van der Waals surface area contributed by atoms with Crippen molar-refractivity contribution in [1.82, 2.24) is 10.2 Å². The second-order valence-electron chi connectivity index (χ2n) is 9.23. The van der Waals surface area contributed by atoms with Crippen LogP contribution in [0.4, 0.5) is 5.69 Å². The number of sulfonamides is 1. The molecule has 0 unspecified atom stereocenters. The summed E-state index contributed by atoms with van der Waals surface area (Å²) >= 11 is 0. The van der Waals surface area contributed by atoms with Crippen molar-refractivity contribution in [2.45, 2.75) is 72.5 Å². The molecule has 0 heterocycles. The fraction of sp³-hybridized carbons (Fsp3) is 0.481. The Morgan fingerprint density at radius 2 is 1.63 bits per heavy atom. The zero-order valence-corrected chi connectivity index (χ0v) is 22.6. The predicted octanol–water partition coefficient (Wildman–Crippen LogP) is 4.18. The highest BCUT2D eigenvalue weighted by molar-refractivity contribution is 7.92. The molecule has 192 valence electrons. The molecule has 2 aromatic rings. The lowest BCUT2D eigenvalue weighted by atomic mass is 10.1. The fourth-order valence-electron chi connectivity index (χ4n) is 3.76. The number of aryl methyl sites for hydroxylation is 2. The van der Waals surface area contributed by atoms with E-state index in [1.807, 2.05) is 64.1 Å². The number of benzene rings is 2. The molecular weight excluding hydrogens is 462 g/mol. The van der Waals surface area contributed by atoms with Gasteiger partial charge >= 0.3 is 0 Å². The molecule has 0 spiro atoms. The Bertz CT molecular complexity index is 1100. The van der Waals surface area contributed by atoms with Crippen LogP contribution in [-0.4, -0.2) is 50.0 Å². The molecule has 0 aliphatic heterocycles. The Morgan fingerprint density at radius 1 is 1.00 bits per heavy atom. The van der Waals surface area contributed by atoms with Crippen molar-refractivity contribution in [3.05, 3.63) is 65.2 Å². The van der Waals surface area contributed by atoms with Gasteiger partial charge in [-0.1, -0.05) is 55.0 Å². The maximum absolute atomic E-state index is 13.3. The summed E-state index contributed by atoms with van der Waals surface area (Å²) in [5.41, 5.74) is 3.51. The quantitative estimate of drug-likeness (QED) is 0.473. The standard InChI is InChI=1S/C27H39N3O4S/c1-7-22(4)28-27(32)23(5)29(19-24-16-14-20(2)15-17-24)26(31)13-10-18-30(35(6,33)34)25-12-9-8-11-21(25)3/h8-9,11-12,14-17,22-23H,7,10,13,18-19H2,1-6H3,(H,28,32)/t22-,23+/m0/s1. The van der Waals surface area contributed by atoms with Gasteiger partial charge < -0.3 is 10.2 Å². The Hall–Kier alpha value is -2.87. The highest BCUT2D eigenvalue weighted by Gasteiger charge is 2.27. The molecule has 2 aromatic carbocycles. The number of nitrogens with one attached hydrogen (secondary N) is 1. The Morgan fingerprint density at radius 3 is 2.20 bits per heavy atom. The fourth-order valence-corrected chi connectivity index (χ4v) is 4.79. The predicted molar refractivity (Wildman–Crippen MR) is 142 cm³/mol. The van der Waals surface area contributed by atoms with Crippen LogP contribution in [0.1, 0.15) is 56.7 Å². The average molecular weight is 502 g/mol. The average Bonchev–Trinajstić information content (AvgIpc) is 2.80. The van der Waals surface area contributed by atoms with E-state index in [1.165, 1.54) is 10.6 Å². The van der Waals surface area contributed by atoms with Crippen LogP contribution in [0.15, 0.2) is 48.5 Å². The van der Waals surface area contributed by atoms with Crippen LogP contribution in [0.2, 0.25) is 0 Å². The van der Waals surface area contributed by atoms with Crippen molar-refractivity contribution in [2.24, 2.45) is 0 Å². The SMILES string of the molecule is CC[C@H](C)NC(=O)[C@@H](C)N(Cc1ccc(C)cc1)C(=O)CCCN(c1ccccc1C)S(C)(=O)=O. The summed E-state index contributed by atoms with van der Waals surface area (Å²) < 4.78 is 26.3. The third kappa shape index (κ3) is 8.38. The summed E-state index contributed by atoms with van der Waals surface area (Å²) in [6, 6.07) is 14.5. The lowest BCUT2D eigenvalue weighted by molar-refractivity contribution is -0.140. The monoisotopic (exact) mass is 501 g/mol. The maximum atomic E-state index is 13.3. The van der Waals surface area contributed by atoms with Crippen LogP contribution < -0.4 is 9.62 Å². The van der Waals surface area contributed by atoms with E-state index in [-0.39, 0.29) is 30.8 Å². The summed E-state index contributed by atoms with van der Waals surface area (Å²) in [6.45, 7) is 10.0. The number of carbonyl (C=O) groups is 2. The molecule has 35 heavy (non-hydrogen) atoms. The first-order chi connectivity index (χ1) is 16.4. The van der Waals surface area contributed by atoms with Gasteiger partial charge in [0, 0.05) is 25.6 Å². The summed E-state index contributed by atoms with van der Waals surface area (Å²) in [5, 5.41) is 2.96. The molecular formula is C27H39N3O4S. The zero-order chi connectivity index (χ0) is 26.2. The van der Waals surface area contributed by atoms with Gasteiger partial charge in [0.2, 0.25) is 21.8 Å². The summed E-state index contributed by atoms with van der Waals surface area (Å²) in [4.78, 5) is 27.8. The molecule has 0 saturated carbocycles. The van der Waals surface area contributed by atoms with Crippen molar-refractivity contribution >= 4 is 27.5 Å². The van der Waals surface area contributed by atoms with Crippen LogP contribution in [0.5, 0.6) is 0 Å². The Balaban J connectivity index is 2.17. The van der Waals surface area contributed by atoms with Crippen LogP contribution in [0.3, 0.4) is 0 Å². The van der Waals surface area contributed by atoms with Crippen LogP contribution in [0.25, 0.3) is 0 Å². The zero-order valence-electron chi connectivity index (χ0n) is 21.7. The number of amides is 2. The minimum atomic E-state index is -3.51. The van der Waals surface area contributed by atoms with Gasteiger partial charge in [0.1, 0.15) is 6.04 Å². The maximum Gasteiger partial charge on any atom is 0.242 e. The summed E-state index contributed by atoms with van der Waals surface area (Å²) in [6.07, 6.45) is 2.44. The number of carbonyl (C=O) groups excluding carboxylic acids is 2. The first kappa shape index (κ1) is 28.4. The lowest BCUT2D eigenvalue weighted by Gasteiger charge is -2.30. The summed E-state index contributed by atoms with van der Waals surface area (Å²) in [5.74, 6) is -0.381. The molecule has 2 amide bonds. The number of nitrogens with zero attached hydrogens (tertiary/aromatic N) is 2. The van der Waals surface area contributed by atoms with E-state index >= 15 is 0 Å². The molecule has 0 aromatic heterocycles. The smallest absolute Gasteiger partial charge is 0.242 e. The van der Waals surface area contributed by atoms with E-state index in [2.05, 4.69) is 5.32 Å². The van der Waals surface area contributed by atoms with Gasteiger partial charge in [0.25, 0.3) is 0 Å². The van der Waals surface area contributed by atoms with Crippen LogP contribution >= 0.6 is 0 Å². The first-order valence-corrected chi connectivity index (χ1v) is 14.0. The van der Waals surface area contributed by atoms with E-state index in [0.29, 0.717) is 18.7 Å². The van der Waals surface area contributed by atoms with E-state index in [4.69, 9.17) is 0 Å². The van der Waals surface area contributed by atoms with E-state index in [1.54, 1.807) is 24.0 Å². The number of para-hydroxylation sites is 1. The van der Waals surface area contributed by atoms with Crippen molar-refractivity contribution in [1.29, 1.82) is 0 Å². The molecule has 0 radical (unpaired) electrons. The topological polar surface area (TPSA) is 86.8 Å². The Labute approximate surface area is 210 Å². The number of hydrogen-bond donors (Lipinski definition) is 1. The van der Waals surface area contributed by atoms with Crippen molar-refractivity contribution in [3.8, 4) is 0 Å². The molecule has 2 atom stereocenters. The second kappa shape index (κ2) is 12.7. The van der Waals surface area contributed by atoms with Gasteiger partial charge in [-0.25, -0.2) is 8.42 Å². The molecule has 0 aliphatic rings. The molecule has 1 N–H and O–H groups in total.